The average Bonchev–Trinajstić information content (AvgIpc) is 3.19. The molecular weight excluding hydrogens is 540 g/mol. The fourth-order valence-corrected chi connectivity index (χ4v) is 3.95. The number of halogens is 1. The largest absolute Gasteiger partial charge is 0.489 e. The van der Waals surface area contributed by atoms with E-state index in [1.807, 2.05) is 0 Å². The zero-order valence-corrected chi connectivity index (χ0v) is 23.1. The molecule has 1 aromatic rings. The molecule has 1 aromatic carbocycles. The van der Waals surface area contributed by atoms with Gasteiger partial charge in [0.25, 0.3) is 0 Å². The molecule has 1 fully saturated rings. The van der Waals surface area contributed by atoms with Gasteiger partial charge < -0.3 is 29.0 Å². The first kappa shape index (κ1) is 29.2. The number of benzene rings is 1. The lowest BCUT2D eigenvalue weighted by Crippen LogP contribution is -2.44. The summed E-state index contributed by atoms with van der Waals surface area (Å²) >= 11 is 3.34. The second kappa shape index (κ2) is 11.4. The number of ether oxygens (including phenoxy) is 4. The molecule has 12 heteroatoms. The number of nitrogens with zero attached hydrogens (tertiary/aromatic N) is 2. The molecule has 11 nitrogen and oxygen atoms in total. The molecule has 1 saturated heterocycles. The van der Waals surface area contributed by atoms with Crippen molar-refractivity contribution in [2.45, 2.75) is 71.6 Å². The Morgan fingerprint density at radius 3 is 2.08 bits per heavy atom. The number of rotatable bonds is 5. The van der Waals surface area contributed by atoms with Crippen molar-refractivity contribution in [2.24, 2.45) is 0 Å². The molecule has 1 aliphatic heterocycles. The number of carboxylic acid groups (broad SMARTS) is 1. The monoisotopic (exact) mass is 572 g/mol. The number of anilines is 1. The number of amides is 3. The van der Waals surface area contributed by atoms with Crippen LogP contribution in [0, 0.1) is 0 Å². The number of carbonyl (C=O) groups is 4. The van der Waals surface area contributed by atoms with E-state index in [0.717, 1.165) is 7.11 Å². The van der Waals surface area contributed by atoms with Crippen LogP contribution in [0.3, 0.4) is 0 Å². The Labute approximate surface area is 218 Å². The van der Waals surface area contributed by atoms with Crippen LogP contribution in [0.4, 0.5) is 20.1 Å². The summed E-state index contributed by atoms with van der Waals surface area (Å²) in [4.78, 5) is 52.6. The van der Waals surface area contributed by atoms with Crippen LogP contribution >= 0.6 is 15.9 Å². The zero-order valence-electron chi connectivity index (χ0n) is 21.5. The summed E-state index contributed by atoms with van der Waals surface area (Å²) < 4.78 is 22.0. The van der Waals surface area contributed by atoms with E-state index < -0.39 is 41.5 Å². The Hall–Kier alpha value is -3.02. The highest BCUT2D eigenvalue weighted by Crippen LogP contribution is 2.38. The maximum atomic E-state index is 13.2. The van der Waals surface area contributed by atoms with Gasteiger partial charge in [-0.3, -0.25) is 0 Å². The summed E-state index contributed by atoms with van der Waals surface area (Å²) in [7, 11) is 1.14. The van der Waals surface area contributed by atoms with Gasteiger partial charge in [0, 0.05) is 6.54 Å². The molecule has 0 aromatic heterocycles. The molecule has 200 valence electrons. The van der Waals surface area contributed by atoms with Crippen molar-refractivity contribution in [3.63, 3.8) is 0 Å². The van der Waals surface area contributed by atoms with E-state index in [0.29, 0.717) is 28.8 Å². The van der Waals surface area contributed by atoms with E-state index in [9.17, 15) is 24.3 Å². The van der Waals surface area contributed by atoms with Gasteiger partial charge >= 0.3 is 24.2 Å². The minimum atomic E-state index is -1.07. The predicted octanol–water partition coefficient (Wildman–Crippen LogP) is 5.43. The fraction of sp³-hybridized carbons (Fsp3) is 0.583. The van der Waals surface area contributed by atoms with Crippen LogP contribution in [0.15, 0.2) is 16.6 Å². The molecule has 0 unspecified atom stereocenters. The quantitative estimate of drug-likeness (QED) is 0.362. The molecule has 1 atom stereocenters. The topological polar surface area (TPSA) is 132 Å². The summed E-state index contributed by atoms with van der Waals surface area (Å²) in [5.74, 6) is -0.909. The van der Waals surface area contributed by atoms with Gasteiger partial charge in [-0.2, -0.15) is 4.90 Å². The number of methoxy groups -OCH3 is 1. The van der Waals surface area contributed by atoms with E-state index in [1.54, 1.807) is 41.5 Å². The highest BCUT2D eigenvalue weighted by Gasteiger charge is 2.37. The predicted molar refractivity (Wildman–Crippen MR) is 134 cm³/mol. The van der Waals surface area contributed by atoms with Crippen LogP contribution in [0.2, 0.25) is 0 Å². The van der Waals surface area contributed by atoms with Gasteiger partial charge in [-0.25, -0.2) is 19.2 Å². The SMILES string of the molecule is COC(=O)c1c(N(C(=O)OC(C)(C)C)C(=O)OC(C)(C)C)ccc(Br)c1OC[C@H]1CCCN1C(=O)O. The van der Waals surface area contributed by atoms with Gasteiger partial charge in [-0.1, -0.05) is 0 Å². The number of carbonyl (C=O) groups excluding carboxylic acids is 3. The van der Waals surface area contributed by atoms with Crippen LogP contribution in [0.25, 0.3) is 0 Å². The molecule has 0 radical (unpaired) electrons. The smallest absolute Gasteiger partial charge is 0.424 e. The van der Waals surface area contributed by atoms with Gasteiger partial charge in [-0.15, -0.1) is 0 Å². The van der Waals surface area contributed by atoms with Crippen molar-refractivity contribution in [3.8, 4) is 5.75 Å². The normalized spacial score (nSPS) is 15.8. The second-order valence-electron chi connectivity index (χ2n) is 10.1. The van der Waals surface area contributed by atoms with Gasteiger partial charge in [0.2, 0.25) is 0 Å². The first-order valence-electron chi connectivity index (χ1n) is 11.3. The van der Waals surface area contributed by atoms with Gasteiger partial charge in [0.1, 0.15) is 29.1 Å². The van der Waals surface area contributed by atoms with E-state index in [1.165, 1.54) is 17.0 Å². The van der Waals surface area contributed by atoms with Crippen LogP contribution in [-0.4, -0.2) is 71.8 Å². The maximum absolute atomic E-state index is 13.2. The maximum Gasteiger partial charge on any atom is 0.424 e. The number of esters is 1. The molecule has 1 N–H and O–H groups in total. The second-order valence-corrected chi connectivity index (χ2v) is 11.0. The minimum Gasteiger partial charge on any atom is -0.489 e. The van der Waals surface area contributed by atoms with Gasteiger partial charge in [-0.05, 0) is 82.4 Å². The highest BCUT2D eigenvalue weighted by atomic mass is 79.9. The Kier molecular flexibility index (Phi) is 9.22. The molecule has 3 amide bonds. The van der Waals surface area contributed by atoms with Crippen molar-refractivity contribution in [2.75, 3.05) is 25.2 Å². The Morgan fingerprint density at radius 2 is 1.61 bits per heavy atom. The molecule has 36 heavy (non-hydrogen) atoms. The lowest BCUT2D eigenvalue weighted by Gasteiger charge is -2.30. The Balaban J connectivity index is 2.60. The van der Waals surface area contributed by atoms with Crippen molar-refractivity contribution >= 4 is 45.9 Å². The van der Waals surface area contributed by atoms with Crippen LogP contribution in [0.5, 0.6) is 5.75 Å². The van der Waals surface area contributed by atoms with Crippen molar-refractivity contribution in [1.82, 2.24) is 4.90 Å². The third kappa shape index (κ3) is 7.49. The fourth-order valence-electron chi connectivity index (χ4n) is 3.50. The summed E-state index contributed by atoms with van der Waals surface area (Å²) in [5, 5.41) is 9.42. The number of hydrogen-bond donors (Lipinski definition) is 1. The third-order valence-corrected chi connectivity index (χ3v) is 5.54. The molecule has 0 saturated carbocycles. The minimum absolute atomic E-state index is 0.0197. The number of imide groups is 1. The Morgan fingerprint density at radius 1 is 1.06 bits per heavy atom. The first-order chi connectivity index (χ1) is 16.6. The summed E-state index contributed by atoms with van der Waals surface area (Å²) in [6, 6.07) is 2.41. The molecule has 0 bridgehead atoms. The van der Waals surface area contributed by atoms with Crippen molar-refractivity contribution < 1.29 is 43.2 Å². The van der Waals surface area contributed by atoms with Crippen molar-refractivity contribution in [3.05, 3.63) is 22.2 Å². The average molecular weight is 573 g/mol. The molecule has 2 rings (SSSR count). The van der Waals surface area contributed by atoms with Gasteiger partial charge in [0.05, 0.1) is 23.3 Å². The molecule has 0 spiro atoms. The number of likely N-dealkylation sites (tertiary alicyclic amines) is 1. The van der Waals surface area contributed by atoms with E-state index in [4.69, 9.17) is 18.9 Å². The molecule has 1 aliphatic rings. The summed E-state index contributed by atoms with van der Waals surface area (Å²) in [6.07, 6.45) is -1.94. The standard InChI is InChI=1S/C24H33BrN2O9/c1-23(2,3)35-21(31)27(22(32)36-24(4,5)6)16-11-10-15(25)18(17(16)19(28)33-7)34-13-14-9-8-12-26(14)20(29)30/h10-11,14H,8-9,12-13H2,1-7H3,(H,29,30)/t14-/m1/s1. The van der Waals surface area contributed by atoms with Crippen molar-refractivity contribution in [1.29, 1.82) is 0 Å². The lowest BCUT2D eigenvalue weighted by molar-refractivity contribution is 0.0430. The van der Waals surface area contributed by atoms with E-state index in [-0.39, 0.29) is 23.6 Å². The zero-order chi connectivity index (χ0) is 27.4. The van der Waals surface area contributed by atoms with Crippen LogP contribution in [0.1, 0.15) is 64.7 Å². The van der Waals surface area contributed by atoms with E-state index in [2.05, 4.69) is 15.9 Å². The van der Waals surface area contributed by atoms with Crippen LogP contribution < -0.4 is 9.64 Å². The number of hydrogen-bond acceptors (Lipinski definition) is 8. The highest BCUT2D eigenvalue weighted by molar-refractivity contribution is 9.10. The summed E-state index contributed by atoms with van der Waals surface area (Å²) in [5.41, 5.74) is -2.32. The lowest BCUT2D eigenvalue weighted by atomic mass is 10.1. The molecule has 0 aliphatic carbocycles. The van der Waals surface area contributed by atoms with E-state index >= 15 is 0 Å². The van der Waals surface area contributed by atoms with Gasteiger partial charge in [0.15, 0.2) is 0 Å². The Bertz CT molecular complexity index is 986. The first-order valence-corrected chi connectivity index (χ1v) is 12.1. The molecular formula is C24H33BrN2O9. The van der Waals surface area contributed by atoms with Crippen LogP contribution in [-0.2, 0) is 14.2 Å². The molecule has 1 heterocycles. The third-order valence-electron chi connectivity index (χ3n) is 4.91. The summed E-state index contributed by atoms with van der Waals surface area (Å²) in [6.45, 7) is 10.1.